The molecule has 2 N–H and O–H groups in total. The van der Waals surface area contributed by atoms with Gasteiger partial charge in [0, 0.05) is 18.1 Å². The van der Waals surface area contributed by atoms with E-state index in [4.69, 9.17) is 5.73 Å². The van der Waals surface area contributed by atoms with Gasteiger partial charge in [-0.1, -0.05) is 35.0 Å². The Morgan fingerprint density at radius 2 is 2.25 bits per heavy atom. The lowest BCUT2D eigenvalue weighted by Gasteiger charge is -2.20. The fraction of sp³-hybridized carbons (Fsp3) is 0.417. The van der Waals surface area contributed by atoms with Gasteiger partial charge in [0.2, 0.25) is 5.91 Å². The summed E-state index contributed by atoms with van der Waals surface area (Å²) in [6, 6.07) is 7.52. The smallest absolute Gasteiger partial charge is 0.239 e. The normalized spacial score (nSPS) is 12.2. The van der Waals surface area contributed by atoms with Crippen molar-refractivity contribution in [3.63, 3.8) is 0 Å². The maximum atomic E-state index is 11.8. The van der Waals surface area contributed by atoms with Gasteiger partial charge in [-0.25, -0.2) is 0 Å². The van der Waals surface area contributed by atoms with E-state index in [-0.39, 0.29) is 5.91 Å². The van der Waals surface area contributed by atoms with E-state index in [0.29, 0.717) is 13.0 Å². The zero-order valence-corrected chi connectivity index (χ0v) is 11.2. The molecule has 0 aliphatic rings. The standard InChI is InChI=1S/C12H17BrN2O/c1-3-11(14)12(16)15(2)8-9-5-4-6-10(13)7-9/h4-7,11H,3,8,14H2,1-2H3/t11-/m0/s1. The summed E-state index contributed by atoms with van der Waals surface area (Å²) in [7, 11) is 1.78. The van der Waals surface area contributed by atoms with Crippen LogP contribution in [0.1, 0.15) is 18.9 Å². The molecule has 88 valence electrons. The van der Waals surface area contributed by atoms with Crippen LogP contribution in [0.3, 0.4) is 0 Å². The lowest BCUT2D eigenvalue weighted by molar-refractivity contribution is -0.131. The van der Waals surface area contributed by atoms with Crippen molar-refractivity contribution in [1.82, 2.24) is 4.90 Å². The molecule has 0 saturated heterocycles. The van der Waals surface area contributed by atoms with E-state index in [9.17, 15) is 4.79 Å². The molecule has 0 aliphatic carbocycles. The highest BCUT2D eigenvalue weighted by atomic mass is 79.9. The molecular weight excluding hydrogens is 268 g/mol. The number of halogens is 1. The fourth-order valence-electron chi connectivity index (χ4n) is 1.44. The number of rotatable bonds is 4. The third kappa shape index (κ3) is 3.61. The summed E-state index contributed by atoms with van der Waals surface area (Å²) in [5, 5.41) is 0. The maximum absolute atomic E-state index is 11.8. The molecule has 0 saturated carbocycles. The lowest BCUT2D eigenvalue weighted by atomic mass is 10.2. The highest BCUT2D eigenvalue weighted by Gasteiger charge is 2.15. The number of likely N-dealkylation sites (N-methyl/N-ethyl adjacent to an activating group) is 1. The second-order valence-electron chi connectivity index (χ2n) is 3.84. The van der Waals surface area contributed by atoms with Crippen LogP contribution in [0.15, 0.2) is 28.7 Å². The van der Waals surface area contributed by atoms with E-state index in [1.165, 1.54) is 0 Å². The van der Waals surface area contributed by atoms with Crippen LogP contribution < -0.4 is 5.73 Å². The summed E-state index contributed by atoms with van der Waals surface area (Å²) in [5.74, 6) is -0.0116. The van der Waals surface area contributed by atoms with E-state index in [1.807, 2.05) is 31.2 Å². The molecule has 0 spiro atoms. The molecule has 3 nitrogen and oxygen atoms in total. The predicted octanol–water partition coefficient (Wildman–Crippen LogP) is 2.14. The van der Waals surface area contributed by atoms with Crippen LogP contribution in [0.5, 0.6) is 0 Å². The molecular formula is C12H17BrN2O. The van der Waals surface area contributed by atoms with Crippen molar-refractivity contribution in [3.8, 4) is 0 Å². The molecule has 0 unspecified atom stereocenters. The predicted molar refractivity (Wildman–Crippen MR) is 68.9 cm³/mol. The van der Waals surface area contributed by atoms with Crippen molar-refractivity contribution in [1.29, 1.82) is 0 Å². The van der Waals surface area contributed by atoms with Crippen molar-refractivity contribution in [2.45, 2.75) is 25.9 Å². The number of nitrogens with two attached hydrogens (primary N) is 1. The zero-order valence-electron chi connectivity index (χ0n) is 9.61. The summed E-state index contributed by atoms with van der Waals surface area (Å²) in [5.41, 5.74) is 6.79. The number of hydrogen-bond acceptors (Lipinski definition) is 2. The van der Waals surface area contributed by atoms with Crippen LogP contribution in [-0.4, -0.2) is 23.9 Å². The van der Waals surface area contributed by atoms with Gasteiger partial charge in [0.05, 0.1) is 6.04 Å². The second kappa shape index (κ2) is 6.01. The van der Waals surface area contributed by atoms with Crippen molar-refractivity contribution in [3.05, 3.63) is 34.3 Å². The number of benzene rings is 1. The Labute approximate surface area is 105 Å². The minimum Gasteiger partial charge on any atom is -0.340 e. The lowest BCUT2D eigenvalue weighted by Crippen LogP contribution is -2.40. The summed E-state index contributed by atoms with van der Waals surface area (Å²) >= 11 is 3.40. The van der Waals surface area contributed by atoms with Gasteiger partial charge >= 0.3 is 0 Å². The molecule has 16 heavy (non-hydrogen) atoms. The van der Waals surface area contributed by atoms with Crippen molar-refractivity contribution in [2.24, 2.45) is 5.73 Å². The van der Waals surface area contributed by atoms with Crippen LogP contribution in [0, 0.1) is 0 Å². The average Bonchev–Trinajstić information content (AvgIpc) is 2.27. The van der Waals surface area contributed by atoms with E-state index in [2.05, 4.69) is 15.9 Å². The Kier molecular flexibility index (Phi) is 4.96. The molecule has 0 aromatic heterocycles. The second-order valence-corrected chi connectivity index (χ2v) is 4.75. The summed E-state index contributed by atoms with van der Waals surface area (Å²) in [6.07, 6.45) is 0.668. The van der Waals surface area contributed by atoms with Gasteiger partial charge in [-0.05, 0) is 24.1 Å². The van der Waals surface area contributed by atoms with E-state index in [1.54, 1.807) is 11.9 Å². The molecule has 1 aromatic carbocycles. The number of amides is 1. The summed E-state index contributed by atoms with van der Waals surface area (Å²) in [6.45, 7) is 2.50. The Morgan fingerprint density at radius 3 is 2.81 bits per heavy atom. The third-order valence-corrected chi connectivity index (χ3v) is 2.94. The van der Waals surface area contributed by atoms with Gasteiger partial charge in [0.25, 0.3) is 0 Å². The summed E-state index contributed by atoms with van der Waals surface area (Å²) in [4.78, 5) is 13.4. The van der Waals surface area contributed by atoms with Gasteiger partial charge < -0.3 is 10.6 Å². The van der Waals surface area contributed by atoms with Crippen molar-refractivity contribution in [2.75, 3.05) is 7.05 Å². The monoisotopic (exact) mass is 284 g/mol. The molecule has 1 atom stereocenters. The van der Waals surface area contributed by atoms with Gasteiger partial charge in [0.1, 0.15) is 0 Å². The van der Waals surface area contributed by atoms with Crippen LogP contribution in [0.25, 0.3) is 0 Å². The first kappa shape index (κ1) is 13.2. The Morgan fingerprint density at radius 1 is 1.56 bits per heavy atom. The number of carbonyl (C=O) groups excluding carboxylic acids is 1. The Balaban J connectivity index is 2.64. The number of hydrogen-bond donors (Lipinski definition) is 1. The topological polar surface area (TPSA) is 46.3 Å². The van der Waals surface area contributed by atoms with Crippen LogP contribution in [-0.2, 0) is 11.3 Å². The van der Waals surface area contributed by atoms with Crippen LogP contribution in [0.2, 0.25) is 0 Å². The minimum absolute atomic E-state index is 0.0116. The van der Waals surface area contributed by atoms with Gasteiger partial charge in [0.15, 0.2) is 0 Å². The van der Waals surface area contributed by atoms with E-state index in [0.717, 1.165) is 10.0 Å². The maximum Gasteiger partial charge on any atom is 0.239 e. The van der Waals surface area contributed by atoms with Gasteiger partial charge in [-0.2, -0.15) is 0 Å². The molecule has 1 amide bonds. The van der Waals surface area contributed by atoms with E-state index >= 15 is 0 Å². The Bertz CT molecular complexity index is 368. The molecule has 0 aliphatic heterocycles. The van der Waals surface area contributed by atoms with Crippen LogP contribution >= 0.6 is 15.9 Å². The van der Waals surface area contributed by atoms with Gasteiger partial charge in [-0.3, -0.25) is 4.79 Å². The molecule has 1 aromatic rings. The Hall–Kier alpha value is -0.870. The highest BCUT2D eigenvalue weighted by molar-refractivity contribution is 9.10. The average molecular weight is 285 g/mol. The number of carbonyl (C=O) groups is 1. The number of nitrogens with zero attached hydrogens (tertiary/aromatic N) is 1. The first-order valence-electron chi connectivity index (χ1n) is 5.29. The van der Waals surface area contributed by atoms with Crippen molar-refractivity contribution >= 4 is 21.8 Å². The third-order valence-electron chi connectivity index (χ3n) is 2.44. The van der Waals surface area contributed by atoms with E-state index < -0.39 is 6.04 Å². The molecule has 0 fully saturated rings. The molecule has 0 bridgehead atoms. The summed E-state index contributed by atoms with van der Waals surface area (Å²) < 4.78 is 1.02. The SMILES string of the molecule is CC[C@H](N)C(=O)N(C)Cc1cccc(Br)c1. The highest BCUT2D eigenvalue weighted by Crippen LogP contribution is 2.13. The molecule has 4 heteroatoms. The quantitative estimate of drug-likeness (QED) is 0.921. The van der Waals surface area contributed by atoms with Crippen molar-refractivity contribution < 1.29 is 4.79 Å². The minimum atomic E-state index is -0.392. The molecule has 0 radical (unpaired) electrons. The fourth-order valence-corrected chi connectivity index (χ4v) is 1.89. The molecule has 1 rings (SSSR count). The van der Waals surface area contributed by atoms with Gasteiger partial charge in [-0.15, -0.1) is 0 Å². The first-order chi connectivity index (χ1) is 7.54. The first-order valence-corrected chi connectivity index (χ1v) is 6.09. The van der Waals surface area contributed by atoms with Crippen LogP contribution in [0.4, 0.5) is 0 Å². The largest absolute Gasteiger partial charge is 0.340 e. The molecule has 0 heterocycles. The zero-order chi connectivity index (χ0) is 12.1.